The van der Waals surface area contributed by atoms with E-state index in [0.29, 0.717) is 36.1 Å². The number of amides is 2. The van der Waals surface area contributed by atoms with Crippen molar-refractivity contribution < 1.29 is 23.7 Å². The van der Waals surface area contributed by atoms with Crippen molar-refractivity contribution in [1.82, 2.24) is 5.32 Å². The highest BCUT2D eigenvalue weighted by Gasteiger charge is 2.14. The SMILES string of the molecule is COc1cc(NC(=O)NCCOc2ccccc2)cc(OC)c1OC. The Morgan fingerprint density at radius 1 is 0.960 bits per heavy atom. The van der Waals surface area contributed by atoms with Crippen LogP contribution in [0.2, 0.25) is 0 Å². The molecule has 2 aromatic carbocycles. The summed E-state index contributed by atoms with van der Waals surface area (Å²) in [4.78, 5) is 12.0. The zero-order chi connectivity index (χ0) is 18.1. The third-order valence-corrected chi connectivity index (χ3v) is 3.32. The zero-order valence-corrected chi connectivity index (χ0v) is 14.5. The van der Waals surface area contributed by atoms with Gasteiger partial charge in [0.1, 0.15) is 12.4 Å². The van der Waals surface area contributed by atoms with Gasteiger partial charge in [-0.1, -0.05) is 18.2 Å². The zero-order valence-electron chi connectivity index (χ0n) is 14.5. The lowest BCUT2D eigenvalue weighted by Crippen LogP contribution is -2.32. The fourth-order valence-corrected chi connectivity index (χ4v) is 2.18. The minimum absolute atomic E-state index is 0.356. The number of nitrogens with one attached hydrogen (secondary N) is 2. The number of rotatable bonds is 8. The van der Waals surface area contributed by atoms with E-state index in [4.69, 9.17) is 18.9 Å². The second-order valence-electron chi connectivity index (χ2n) is 4.96. The van der Waals surface area contributed by atoms with Gasteiger partial charge in [-0.05, 0) is 12.1 Å². The van der Waals surface area contributed by atoms with Gasteiger partial charge in [-0.2, -0.15) is 0 Å². The van der Waals surface area contributed by atoms with Gasteiger partial charge in [0.05, 0.1) is 33.6 Å². The summed E-state index contributed by atoms with van der Waals surface area (Å²) in [7, 11) is 4.55. The summed E-state index contributed by atoms with van der Waals surface area (Å²) in [5.74, 6) is 2.15. The van der Waals surface area contributed by atoms with E-state index in [2.05, 4.69) is 10.6 Å². The average Bonchev–Trinajstić information content (AvgIpc) is 2.65. The van der Waals surface area contributed by atoms with Crippen molar-refractivity contribution in [3.63, 3.8) is 0 Å². The molecule has 0 saturated carbocycles. The summed E-state index contributed by atoms with van der Waals surface area (Å²) in [6.45, 7) is 0.734. The molecule has 0 atom stereocenters. The largest absolute Gasteiger partial charge is 0.493 e. The third-order valence-electron chi connectivity index (χ3n) is 3.32. The summed E-state index contributed by atoms with van der Waals surface area (Å²) in [5.41, 5.74) is 0.524. The van der Waals surface area contributed by atoms with Gasteiger partial charge < -0.3 is 29.6 Å². The molecular formula is C18H22N2O5. The first-order valence-corrected chi connectivity index (χ1v) is 7.70. The molecule has 0 aromatic heterocycles. The lowest BCUT2D eigenvalue weighted by Gasteiger charge is -2.15. The van der Waals surface area contributed by atoms with E-state index >= 15 is 0 Å². The number of anilines is 1. The Morgan fingerprint density at radius 2 is 1.60 bits per heavy atom. The molecule has 134 valence electrons. The highest BCUT2D eigenvalue weighted by molar-refractivity contribution is 5.90. The number of hydrogen-bond donors (Lipinski definition) is 2. The predicted molar refractivity (Wildman–Crippen MR) is 95.1 cm³/mol. The van der Waals surface area contributed by atoms with Gasteiger partial charge in [-0.3, -0.25) is 0 Å². The van der Waals surface area contributed by atoms with Crippen LogP contribution < -0.4 is 29.6 Å². The van der Waals surface area contributed by atoms with E-state index in [-0.39, 0.29) is 6.03 Å². The molecule has 0 aliphatic heterocycles. The van der Waals surface area contributed by atoms with E-state index in [1.165, 1.54) is 21.3 Å². The number of carbonyl (C=O) groups excluding carboxylic acids is 1. The summed E-state index contributed by atoms with van der Waals surface area (Å²) in [6.07, 6.45) is 0. The van der Waals surface area contributed by atoms with Crippen LogP contribution in [0.5, 0.6) is 23.0 Å². The van der Waals surface area contributed by atoms with Crippen LogP contribution >= 0.6 is 0 Å². The Bertz CT molecular complexity index is 666. The highest BCUT2D eigenvalue weighted by Crippen LogP contribution is 2.39. The smallest absolute Gasteiger partial charge is 0.319 e. The Kier molecular flexibility index (Phi) is 6.76. The molecule has 2 aromatic rings. The molecule has 0 spiro atoms. The van der Waals surface area contributed by atoms with E-state index in [1.54, 1.807) is 12.1 Å². The van der Waals surface area contributed by atoms with Crippen molar-refractivity contribution in [2.45, 2.75) is 0 Å². The molecule has 0 saturated heterocycles. The van der Waals surface area contributed by atoms with Gasteiger partial charge in [0.15, 0.2) is 11.5 Å². The molecule has 2 amide bonds. The number of urea groups is 1. The Hall–Kier alpha value is -3.09. The molecule has 25 heavy (non-hydrogen) atoms. The maximum atomic E-state index is 12.0. The van der Waals surface area contributed by atoms with Crippen LogP contribution in [-0.2, 0) is 0 Å². The molecule has 0 heterocycles. The van der Waals surface area contributed by atoms with E-state index in [1.807, 2.05) is 30.3 Å². The van der Waals surface area contributed by atoms with Gasteiger partial charge in [0, 0.05) is 12.1 Å². The number of hydrogen-bond acceptors (Lipinski definition) is 5. The van der Waals surface area contributed by atoms with Crippen molar-refractivity contribution in [3.05, 3.63) is 42.5 Å². The molecule has 7 nitrogen and oxygen atoms in total. The standard InChI is InChI=1S/C18H22N2O5/c1-22-15-11-13(12-16(23-2)17(15)24-3)20-18(21)19-9-10-25-14-7-5-4-6-8-14/h4-8,11-12H,9-10H2,1-3H3,(H2,19,20,21). The van der Waals surface area contributed by atoms with Crippen LogP contribution in [0.3, 0.4) is 0 Å². The molecule has 0 aliphatic carbocycles. The fourth-order valence-electron chi connectivity index (χ4n) is 2.18. The van der Waals surface area contributed by atoms with Crippen molar-refractivity contribution in [1.29, 1.82) is 0 Å². The first kappa shape index (κ1) is 18.3. The van der Waals surface area contributed by atoms with E-state index in [0.717, 1.165) is 5.75 Å². The second-order valence-corrected chi connectivity index (χ2v) is 4.96. The van der Waals surface area contributed by atoms with Gasteiger partial charge in [0.25, 0.3) is 0 Å². The minimum Gasteiger partial charge on any atom is -0.493 e. The maximum absolute atomic E-state index is 12.0. The quantitative estimate of drug-likeness (QED) is 0.719. The van der Waals surface area contributed by atoms with Crippen molar-refractivity contribution >= 4 is 11.7 Å². The molecular weight excluding hydrogens is 324 g/mol. The molecule has 0 unspecified atom stereocenters. The van der Waals surface area contributed by atoms with Crippen LogP contribution in [0.4, 0.5) is 10.5 Å². The number of carbonyl (C=O) groups is 1. The van der Waals surface area contributed by atoms with Gasteiger partial charge >= 0.3 is 6.03 Å². The van der Waals surface area contributed by atoms with Crippen LogP contribution in [0.25, 0.3) is 0 Å². The molecule has 2 rings (SSSR count). The molecule has 7 heteroatoms. The molecule has 0 aliphatic rings. The Morgan fingerprint density at radius 3 is 2.16 bits per heavy atom. The number of benzene rings is 2. The summed E-state index contributed by atoms with van der Waals surface area (Å²) < 4.78 is 21.3. The average molecular weight is 346 g/mol. The summed E-state index contributed by atoms with van der Waals surface area (Å²) in [6, 6.07) is 12.4. The topological polar surface area (TPSA) is 78.1 Å². The normalized spacial score (nSPS) is 9.88. The Balaban J connectivity index is 1.87. The number of ether oxygens (including phenoxy) is 4. The highest BCUT2D eigenvalue weighted by atomic mass is 16.5. The summed E-state index contributed by atoms with van der Waals surface area (Å²) >= 11 is 0. The lowest BCUT2D eigenvalue weighted by molar-refractivity contribution is 0.247. The Labute approximate surface area is 146 Å². The maximum Gasteiger partial charge on any atom is 0.319 e. The van der Waals surface area contributed by atoms with Gasteiger partial charge in [-0.15, -0.1) is 0 Å². The van der Waals surface area contributed by atoms with Crippen LogP contribution in [-0.4, -0.2) is 40.5 Å². The third kappa shape index (κ3) is 5.20. The fraction of sp³-hybridized carbons (Fsp3) is 0.278. The monoisotopic (exact) mass is 346 g/mol. The van der Waals surface area contributed by atoms with E-state index in [9.17, 15) is 4.79 Å². The second kappa shape index (κ2) is 9.27. The van der Waals surface area contributed by atoms with Crippen LogP contribution in [0, 0.1) is 0 Å². The first-order chi connectivity index (χ1) is 12.2. The van der Waals surface area contributed by atoms with Gasteiger partial charge in [-0.25, -0.2) is 4.79 Å². The van der Waals surface area contributed by atoms with Crippen molar-refractivity contribution in [2.24, 2.45) is 0 Å². The van der Waals surface area contributed by atoms with Gasteiger partial charge in [0.2, 0.25) is 5.75 Å². The number of para-hydroxylation sites is 1. The summed E-state index contributed by atoms with van der Waals surface area (Å²) in [5, 5.41) is 5.44. The van der Waals surface area contributed by atoms with Crippen molar-refractivity contribution in [2.75, 3.05) is 39.8 Å². The first-order valence-electron chi connectivity index (χ1n) is 7.70. The van der Waals surface area contributed by atoms with Crippen LogP contribution in [0.15, 0.2) is 42.5 Å². The lowest BCUT2D eigenvalue weighted by atomic mass is 10.2. The molecule has 0 radical (unpaired) electrons. The minimum atomic E-state index is -0.356. The predicted octanol–water partition coefficient (Wildman–Crippen LogP) is 2.91. The molecule has 0 fully saturated rings. The van der Waals surface area contributed by atoms with Crippen LogP contribution in [0.1, 0.15) is 0 Å². The van der Waals surface area contributed by atoms with E-state index < -0.39 is 0 Å². The number of methoxy groups -OCH3 is 3. The molecule has 0 bridgehead atoms. The van der Waals surface area contributed by atoms with Crippen molar-refractivity contribution in [3.8, 4) is 23.0 Å². The molecule has 2 N–H and O–H groups in total.